The maximum atomic E-state index is 13.9. The van der Waals surface area contributed by atoms with E-state index in [2.05, 4.69) is 15.5 Å². The van der Waals surface area contributed by atoms with E-state index in [-0.39, 0.29) is 11.3 Å². The smallest absolute Gasteiger partial charge is 0.205 e. The normalized spacial score (nSPS) is 10.7. The number of phenolic OH excluding ortho intramolecular Hbond substituents is 1. The summed E-state index contributed by atoms with van der Waals surface area (Å²) >= 11 is 1.26. The Kier molecular flexibility index (Phi) is 3.72. The van der Waals surface area contributed by atoms with Crippen LogP contribution >= 0.6 is 11.3 Å². The molecule has 112 valence electrons. The average Bonchev–Trinajstić information content (AvgIpc) is 2.97. The Bertz CT molecular complexity index is 835. The molecule has 1 aromatic heterocycles. The van der Waals surface area contributed by atoms with Crippen LogP contribution in [0.15, 0.2) is 36.4 Å². The minimum absolute atomic E-state index is 0.0186. The van der Waals surface area contributed by atoms with Crippen LogP contribution in [0.1, 0.15) is 0 Å². The first-order chi connectivity index (χ1) is 10.6. The second-order valence-electron chi connectivity index (χ2n) is 4.52. The fourth-order valence-electron chi connectivity index (χ4n) is 2.03. The van der Waals surface area contributed by atoms with Crippen LogP contribution in [-0.2, 0) is 0 Å². The van der Waals surface area contributed by atoms with Crippen molar-refractivity contribution >= 4 is 16.5 Å². The number of anilines is 1. The van der Waals surface area contributed by atoms with E-state index < -0.39 is 11.6 Å². The molecule has 0 saturated heterocycles. The highest BCUT2D eigenvalue weighted by atomic mass is 32.1. The largest absolute Gasteiger partial charge is 0.507 e. The zero-order chi connectivity index (χ0) is 15.7. The van der Waals surface area contributed by atoms with Gasteiger partial charge in [0.2, 0.25) is 5.13 Å². The summed E-state index contributed by atoms with van der Waals surface area (Å²) < 4.78 is 26.9. The van der Waals surface area contributed by atoms with Crippen molar-refractivity contribution in [3.8, 4) is 27.4 Å². The Hall–Kier alpha value is -2.54. The average molecular weight is 319 g/mol. The van der Waals surface area contributed by atoms with Crippen molar-refractivity contribution in [1.82, 2.24) is 10.2 Å². The third kappa shape index (κ3) is 2.62. The molecule has 22 heavy (non-hydrogen) atoms. The van der Waals surface area contributed by atoms with Crippen molar-refractivity contribution in [2.45, 2.75) is 0 Å². The van der Waals surface area contributed by atoms with E-state index in [1.165, 1.54) is 29.5 Å². The molecule has 2 N–H and O–H groups in total. The molecule has 0 saturated carbocycles. The molecular weight excluding hydrogens is 308 g/mol. The van der Waals surface area contributed by atoms with Crippen LogP contribution in [0.4, 0.5) is 13.9 Å². The summed E-state index contributed by atoms with van der Waals surface area (Å²) in [6, 6.07) is 8.00. The van der Waals surface area contributed by atoms with Crippen molar-refractivity contribution in [2.75, 3.05) is 12.4 Å². The summed E-state index contributed by atoms with van der Waals surface area (Å²) in [4.78, 5) is 0. The van der Waals surface area contributed by atoms with E-state index in [4.69, 9.17) is 0 Å². The Labute approximate surface area is 129 Å². The SMILES string of the molecule is CNc1nnc(-c2cc(-c3ccc(F)cc3F)ccc2O)s1. The van der Waals surface area contributed by atoms with E-state index in [9.17, 15) is 13.9 Å². The second kappa shape index (κ2) is 5.69. The molecule has 2 aromatic carbocycles. The number of rotatable bonds is 3. The molecule has 0 aliphatic carbocycles. The maximum absolute atomic E-state index is 13.9. The van der Waals surface area contributed by atoms with Gasteiger partial charge in [-0.2, -0.15) is 0 Å². The highest BCUT2D eigenvalue weighted by Gasteiger charge is 2.14. The van der Waals surface area contributed by atoms with Crippen LogP contribution in [0.25, 0.3) is 21.7 Å². The zero-order valence-corrected chi connectivity index (χ0v) is 12.3. The van der Waals surface area contributed by atoms with E-state index in [0.717, 1.165) is 6.07 Å². The number of phenols is 1. The molecule has 0 spiro atoms. The highest BCUT2D eigenvalue weighted by molar-refractivity contribution is 7.18. The molecular formula is C15H11F2N3OS. The Balaban J connectivity index is 2.09. The summed E-state index contributed by atoms with van der Waals surface area (Å²) in [5.74, 6) is -1.28. The minimum Gasteiger partial charge on any atom is -0.507 e. The van der Waals surface area contributed by atoms with Crippen molar-refractivity contribution in [1.29, 1.82) is 0 Å². The predicted molar refractivity (Wildman–Crippen MR) is 81.9 cm³/mol. The quantitative estimate of drug-likeness (QED) is 0.769. The third-order valence-electron chi connectivity index (χ3n) is 3.11. The van der Waals surface area contributed by atoms with Crippen molar-refractivity contribution < 1.29 is 13.9 Å². The lowest BCUT2D eigenvalue weighted by Crippen LogP contribution is -1.88. The molecule has 3 aromatic rings. The van der Waals surface area contributed by atoms with Gasteiger partial charge in [0.1, 0.15) is 17.4 Å². The fourth-order valence-corrected chi connectivity index (χ4v) is 2.75. The number of hydrogen-bond acceptors (Lipinski definition) is 5. The van der Waals surface area contributed by atoms with Gasteiger partial charge in [-0.15, -0.1) is 10.2 Å². The van der Waals surface area contributed by atoms with Crippen LogP contribution < -0.4 is 5.32 Å². The van der Waals surface area contributed by atoms with Gasteiger partial charge in [-0.25, -0.2) is 8.78 Å². The first kappa shape index (κ1) is 14.4. The van der Waals surface area contributed by atoms with Gasteiger partial charge in [-0.1, -0.05) is 17.4 Å². The number of aromatic hydroxyl groups is 1. The lowest BCUT2D eigenvalue weighted by atomic mass is 10.0. The predicted octanol–water partition coefficient (Wildman–Crippen LogP) is 3.90. The lowest BCUT2D eigenvalue weighted by Gasteiger charge is -2.07. The van der Waals surface area contributed by atoms with E-state index in [1.807, 2.05) is 0 Å². The molecule has 1 heterocycles. The van der Waals surface area contributed by atoms with E-state index in [1.54, 1.807) is 19.2 Å². The van der Waals surface area contributed by atoms with Gasteiger partial charge in [0, 0.05) is 18.7 Å². The zero-order valence-electron chi connectivity index (χ0n) is 11.5. The third-order valence-corrected chi connectivity index (χ3v) is 4.08. The Morgan fingerprint density at radius 1 is 1.05 bits per heavy atom. The molecule has 0 radical (unpaired) electrons. The number of nitrogens with one attached hydrogen (secondary N) is 1. The number of aromatic nitrogens is 2. The van der Waals surface area contributed by atoms with Gasteiger partial charge >= 0.3 is 0 Å². The minimum atomic E-state index is -0.662. The monoisotopic (exact) mass is 319 g/mol. The number of hydrogen-bond donors (Lipinski definition) is 2. The van der Waals surface area contributed by atoms with Crippen molar-refractivity contribution in [3.63, 3.8) is 0 Å². The van der Waals surface area contributed by atoms with Gasteiger partial charge < -0.3 is 10.4 Å². The first-order valence-electron chi connectivity index (χ1n) is 6.38. The van der Waals surface area contributed by atoms with Crippen LogP contribution in [0.3, 0.4) is 0 Å². The molecule has 0 bridgehead atoms. The van der Waals surface area contributed by atoms with Crippen LogP contribution in [0, 0.1) is 11.6 Å². The van der Waals surface area contributed by atoms with Gasteiger partial charge in [-0.05, 0) is 29.8 Å². The molecule has 0 aliphatic rings. The van der Waals surface area contributed by atoms with Gasteiger partial charge in [0.05, 0.1) is 5.56 Å². The molecule has 0 unspecified atom stereocenters. The lowest BCUT2D eigenvalue weighted by molar-refractivity contribution is 0.477. The second-order valence-corrected chi connectivity index (χ2v) is 5.50. The number of nitrogens with zero attached hydrogens (tertiary/aromatic N) is 2. The fraction of sp³-hybridized carbons (Fsp3) is 0.0667. The standard InChI is InChI=1S/C15H11F2N3OS/c1-18-15-20-19-14(22-15)11-6-8(2-5-13(11)21)10-4-3-9(16)7-12(10)17/h2-7,21H,1H3,(H,18,20). The highest BCUT2D eigenvalue weighted by Crippen LogP contribution is 2.36. The van der Waals surface area contributed by atoms with Crippen LogP contribution in [0.5, 0.6) is 5.75 Å². The summed E-state index contributed by atoms with van der Waals surface area (Å²) in [7, 11) is 1.72. The first-order valence-corrected chi connectivity index (χ1v) is 7.20. The molecule has 0 aliphatic heterocycles. The molecule has 0 amide bonds. The Morgan fingerprint density at radius 2 is 1.86 bits per heavy atom. The van der Waals surface area contributed by atoms with Crippen LogP contribution in [0.2, 0.25) is 0 Å². The topological polar surface area (TPSA) is 58.0 Å². The number of benzene rings is 2. The number of halogens is 2. The molecule has 0 fully saturated rings. The van der Waals surface area contributed by atoms with Crippen LogP contribution in [-0.4, -0.2) is 22.4 Å². The summed E-state index contributed by atoms with van der Waals surface area (Å²) in [5.41, 5.74) is 1.22. The van der Waals surface area contributed by atoms with Gasteiger partial charge in [0.15, 0.2) is 5.01 Å². The van der Waals surface area contributed by atoms with E-state index >= 15 is 0 Å². The van der Waals surface area contributed by atoms with Gasteiger partial charge in [0.25, 0.3) is 0 Å². The summed E-state index contributed by atoms with van der Waals surface area (Å²) in [5, 5.41) is 21.9. The Morgan fingerprint density at radius 3 is 2.55 bits per heavy atom. The van der Waals surface area contributed by atoms with Gasteiger partial charge in [-0.3, -0.25) is 0 Å². The summed E-state index contributed by atoms with van der Waals surface area (Å²) in [6.07, 6.45) is 0. The molecule has 4 nitrogen and oxygen atoms in total. The van der Waals surface area contributed by atoms with E-state index in [0.29, 0.717) is 21.3 Å². The summed E-state index contributed by atoms with van der Waals surface area (Å²) in [6.45, 7) is 0. The maximum Gasteiger partial charge on any atom is 0.205 e. The van der Waals surface area contributed by atoms with Crippen molar-refractivity contribution in [3.05, 3.63) is 48.0 Å². The molecule has 3 rings (SSSR count). The molecule has 0 atom stereocenters. The van der Waals surface area contributed by atoms with Crippen molar-refractivity contribution in [2.24, 2.45) is 0 Å². The molecule has 7 heteroatoms.